The molecule has 0 aromatic heterocycles. The predicted octanol–water partition coefficient (Wildman–Crippen LogP) is 2.13. The van der Waals surface area contributed by atoms with Gasteiger partial charge in [-0.15, -0.1) is 0 Å². The van der Waals surface area contributed by atoms with Gasteiger partial charge in [0.1, 0.15) is 5.75 Å². The number of nitrogens with one attached hydrogen (secondary N) is 1. The molecule has 0 saturated carbocycles. The molecule has 17 heavy (non-hydrogen) atoms. The van der Waals surface area contributed by atoms with Crippen LogP contribution in [0.5, 0.6) is 5.75 Å². The van der Waals surface area contributed by atoms with E-state index in [9.17, 15) is 5.11 Å². The second-order valence-corrected chi connectivity index (χ2v) is 4.77. The van der Waals surface area contributed by atoms with E-state index in [-0.39, 0.29) is 0 Å². The summed E-state index contributed by atoms with van der Waals surface area (Å²) < 4.78 is 0. The average Bonchev–Trinajstić information content (AvgIpc) is 2.28. The molecule has 0 unspecified atom stereocenters. The maximum Gasteiger partial charge on any atom is 0.122 e. The number of unbranched alkanes of at least 4 members (excludes halogenated alkanes) is 1. The first kappa shape index (κ1) is 14.0. The van der Waals surface area contributed by atoms with E-state index >= 15 is 0 Å². The first-order valence-corrected chi connectivity index (χ1v) is 6.24. The van der Waals surface area contributed by atoms with Crippen molar-refractivity contribution in [3.05, 3.63) is 29.3 Å². The van der Waals surface area contributed by atoms with Gasteiger partial charge in [0.25, 0.3) is 0 Å². The summed E-state index contributed by atoms with van der Waals surface area (Å²) in [6.45, 7) is 4.81. The highest BCUT2D eigenvalue weighted by Crippen LogP contribution is 2.20. The molecule has 0 aliphatic heterocycles. The quantitative estimate of drug-likeness (QED) is 0.712. The number of phenolic OH excluding ortho intramolecular Hbond substituents is 1. The zero-order valence-electron chi connectivity index (χ0n) is 11.2. The second kappa shape index (κ2) is 7.30. The third-order valence-electron chi connectivity index (χ3n) is 2.85. The van der Waals surface area contributed by atoms with Crippen LogP contribution >= 0.6 is 0 Å². The van der Waals surface area contributed by atoms with Crippen molar-refractivity contribution >= 4 is 0 Å². The van der Waals surface area contributed by atoms with Crippen LogP contribution in [0.3, 0.4) is 0 Å². The van der Waals surface area contributed by atoms with E-state index in [1.165, 1.54) is 12.8 Å². The zero-order valence-corrected chi connectivity index (χ0v) is 11.2. The first-order valence-electron chi connectivity index (χ1n) is 6.24. The summed E-state index contributed by atoms with van der Waals surface area (Å²) in [5.41, 5.74) is 1.93. The molecular formula is C14H24N2O. The van der Waals surface area contributed by atoms with Gasteiger partial charge >= 0.3 is 0 Å². The zero-order chi connectivity index (χ0) is 12.7. The van der Waals surface area contributed by atoms with E-state index in [0.717, 1.165) is 30.8 Å². The summed E-state index contributed by atoms with van der Waals surface area (Å²) in [7, 11) is 4.19. The molecule has 1 aromatic rings. The molecule has 0 amide bonds. The predicted molar refractivity (Wildman–Crippen MR) is 72.3 cm³/mol. The van der Waals surface area contributed by atoms with Gasteiger partial charge in [0.05, 0.1) is 0 Å². The van der Waals surface area contributed by atoms with Crippen molar-refractivity contribution in [2.45, 2.75) is 26.3 Å². The molecule has 3 heteroatoms. The molecule has 1 aromatic carbocycles. The Kier molecular flexibility index (Phi) is 6.01. The van der Waals surface area contributed by atoms with Gasteiger partial charge < -0.3 is 15.3 Å². The standard InChI is InChI=1S/C14H24N2O/c1-12-7-6-8-13(14(12)17)11-15-9-4-5-10-16(2)3/h6-8,15,17H,4-5,9-11H2,1-3H3. The smallest absolute Gasteiger partial charge is 0.122 e. The highest BCUT2D eigenvalue weighted by atomic mass is 16.3. The van der Waals surface area contributed by atoms with Crippen molar-refractivity contribution < 1.29 is 5.11 Å². The SMILES string of the molecule is Cc1cccc(CNCCCCN(C)C)c1O. The van der Waals surface area contributed by atoms with Crippen LogP contribution in [-0.4, -0.2) is 37.2 Å². The van der Waals surface area contributed by atoms with Crippen LogP contribution in [0.4, 0.5) is 0 Å². The van der Waals surface area contributed by atoms with Crippen molar-refractivity contribution in [1.29, 1.82) is 0 Å². The molecule has 0 saturated heterocycles. The normalized spacial score (nSPS) is 11.1. The maximum atomic E-state index is 9.83. The topological polar surface area (TPSA) is 35.5 Å². The molecule has 0 aliphatic rings. The molecule has 0 atom stereocenters. The summed E-state index contributed by atoms with van der Waals surface area (Å²) in [5.74, 6) is 0.424. The van der Waals surface area contributed by atoms with Crippen LogP contribution in [0.25, 0.3) is 0 Å². The number of nitrogens with zero attached hydrogens (tertiary/aromatic N) is 1. The summed E-state index contributed by atoms with van der Waals surface area (Å²) in [5, 5.41) is 13.2. The van der Waals surface area contributed by atoms with E-state index < -0.39 is 0 Å². The molecule has 1 rings (SSSR count). The number of hydrogen-bond donors (Lipinski definition) is 2. The lowest BCUT2D eigenvalue weighted by Gasteiger charge is -2.10. The van der Waals surface area contributed by atoms with Gasteiger partial charge in [-0.2, -0.15) is 0 Å². The fraction of sp³-hybridized carbons (Fsp3) is 0.571. The summed E-state index contributed by atoms with van der Waals surface area (Å²) in [6.07, 6.45) is 2.38. The van der Waals surface area contributed by atoms with Gasteiger partial charge in [-0.3, -0.25) is 0 Å². The Bertz CT molecular complexity index is 337. The Morgan fingerprint density at radius 1 is 1.24 bits per heavy atom. The average molecular weight is 236 g/mol. The lowest BCUT2D eigenvalue weighted by atomic mass is 10.1. The first-order chi connectivity index (χ1) is 8.11. The van der Waals surface area contributed by atoms with Gasteiger partial charge in [-0.25, -0.2) is 0 Å². The van der Waals surface area contributed by atoms with Crippen LogP contribution < -0.4 is 5.32 Å². The molecule has 3 nitrogen and oxygen atoms in total. The third kappa shape index (κ3) is 5.20. The van der Waals surface area contributed by atoms with Gasteiger partial charge in [0, 0.05) is 12.1 Å². The minimum Gasteiger partial charge on any atom is -0.507 e. The Hall–Kier alpha value is -1.06. The van der Waals surface area contributed by atoms with Crippen molar-refractivity contribution in [2.75, 3.05) is 27.2 Å². The van der Waals surface area contributed by atoms with E-state index in [1.54, 1.807) is 0 Å². The second-order valence-electron chi connectivity index (χ2n) is 4.77. The maximum absolute atomic E-state index is 9.83. The Morgan fingerprint density at radius 3 is 2.71 bits per heavy atom. The highest BCUT2D eigenvalue weighted by Gasteiger charge is 2.02. The van der Waals surface area contributed by atoms with Crippen molar-refractivity contribution in [1.82, 2.24) is 10.2 Å². The highest BCUT2D eigenvalue weighted by molar-refractivity contribution is 5.39. The number of para-hydroxylation sites is 1. The molecule has 96 valence electrons. The van der Waals surface area contributed by atoms with E-state index in [1.807, 2.05) is 25.1 Å². The summed E-state index contributed by atoms with van der Waals surface area (Å²) >= 11 is 0. The van der Waals surface area contributed by atoms with Gasteiger partial charge in [0.15, 0.2) is 0 Å². The van der Waals surface area contributed by atoms with Crippen LogP contribution in [0.2, 0.25) is 0 Å². The van der Waals surface area contributed by atoms with Crippen molar-refractivity contribution in [3.63, 3.8) is 0 Å². The van der Waals surface area contributed by atoms with Crippen LogP contribution in [-0.2, 0) is 6.54 Å². The minimum absolute atomic E-state index is 0.424. The number of aromatic hydroxyl groups is 1. The lowest BCUT2D eigenvalue weighted by molar-refractivity contribution is 0.391. The Balaban J connectivity index is 2.20. The fourth-order valence-corrected chi connectivity index (χ4v) is 1.76. The molecular weight excluding hydrogens is 212 g/mol. The molecule has 0 radical (unpaired) electrons. The molecule has 0 aliphatic carbocycles. The van der Waals surface area contributed by atoms with E-state index in [4.69, 9.17) is 0 Å². The number of aryl methyl sites for hydroxylation is 1. The van der Waals surface area contributed by atoms with Crippen molar-refractivity contribution in [2.24, 2.45) is 0 Å². The molecule has 0 bridgehead atoms. The lowest BCUT2D eigenvalue weighted by Crippen LogP contribution is -2.18. The molecule has 2 N–H and O–H groups in total. The summed E-state index contributed by atoms with van der Waals surface area (Å²) in [4.78, 5) is 2.20. The fourth-order valence-electron chi connectivity index (χ4n) is 1.76. The number of hydrogen-bond acceptors (Lipinski definition) is 3. The molecule has 0 fully saturated rings. The summed E-state index contributed by atoms with van der Waals surface area (Å²) in [6, 6.07) is 5.88. The van der Waals surface area contributed by atoms with Crippen LogP contribution in [0, 0.1) is 6.92 Å². The largest absolute Gasteiger partial charge is 0.507 e. The van der Waals surface area contributed by atoms with Crippen LogP contribution in [0.15, 0.2) is 18.2 Å². The molecule has 0 spiro atoms. The number of benzene rings is 1. The monoisotopic (exact) mass is 236 g/mol. The number of phenols is 1. The van der Waals surface area contributed by atoms with E-state index in [0.29, 0.717) is 5.75 Å². The Labute approximate surface area is 104 Å². The Morgan fingerprint density at radius 2 is 2.00 bits per heavy atom. The van der Waals surface area contributed by atoms with Crippen molar-refractivity contribution in [3.8, 4) is 5.75 Å². The van der Waals surface area contributed by atoms with Gasteiger partial charge in [-0.05, 0) is 52.5 Å². The minimum atomic E-state index is 0.424. The van der Waals surface area contributed by atoms with Crippen LogP contribution in [0.1, 0.15) is 24.0 Å². The van der Waals surface area contributed by atoms with Gasteiger partial charge in [-0.1, -0.05) is 18.2 Å². The van der Waals surface area contributed by atoms with E-state index in [2.05, 4.69) is 24.3 Å². The molecule has 0 heterocycles. The third-order valence-corrected chi connectivity index (χ3v) is 2.85. The number of rotatable bonds is 7. The van der Waals surface area contributed by atoms with Gasteiger partial charge in [0.2, 0.25) is 0 Å².